The quantitative estimate of drug-likeness (QED) is 0.856. The highest BCUT2D eigenvalue weighted by Gasteiger charge is 2.36. The van der Waals surface area contributed by atoms with Crippen LogP contribution in [0, 0.1) is 11.8 Å². The minimum Gasteiger partial charge on any atom is -0.371 e. The number of hydrogen-bond acceptors (Lipinski definition) is 4. The smallest absolute Gasteiger partial charge is 0.240 e. The second-order valence-corrected chi connectivity index (χ2v) is 7.35. The zero-order valence-corrected chi connectivity index (χ0v) is 12.5. The van der Waals surface area contributed by atoms with Crippen molar-refractivity contribution in [2.24, 2.45) is 11.8 Å². The molecule has 2 heterocycles. The van der Waals surface area contributed by atoms with E-state index in [4.69, 9.17) is 0 Å². The summed E-state index contributed by atoms with van der Waals surface area (Å²) in [4.78, 5) is 2.70. The van der Waals surface area contributed by atoms with Crippen LogP contribution in [0.15, 0.2) is 29.2 Å². The number of anilines is 1. The zero-order chi connectivity index (χ0) is 14.2. The number of rotatable bonds is 4. The summed E-state index contributed by atoms with van der Waals surface area (Å²) in [6, 6.07) is 7.22. The van der Waals surface area contributed by atoms with Crippen LogP contribution in [0.5, 0.6) is 0 Å². The Hall–Kier alpha value is -1.11. The molecule has 0 aliphatic carbocycles. The fourth-order valence-electron chi connectivity index (χ4n) is 3.18. The van der Waals surface area contributed by atoms with E-state index >= 15 is 0 Å². The third-order valence-electron chi connectivity index (χ3n) is 4.24. The average molecular weight is 295 g/mol. The highest BCUT2D eigenvalue weighted by atomic mass is 32.2. The van der Waals surface area contributed by atoms with Crippen LogP contribution in [0.4, 0.5) is 5.69 Å². The third kappa shape index (κ3) is 2.55. The normalized spacial score (nSPS) is 25.9. The maximum Gasteiger partial charge on any atom is 0.240 e. The Labute approximate surface area is 120 Å². The molecule has 0 saturated carbocycles. The van der Waals surface area contributed by atoms with E-state index in [1.165, 1.54) is 0 Å². The predicted molar refractivity (Wildman–Crippen MR) is 79.4 cm³/mol. The number of fused-ring (bicyclic) bond motifs is 1. The van der Waals surface area contributed by atoms with Crippen LogP contribution in [-0.4, -0.2) is 41.1 Å². The van der Waals surface area contributed by atoms with E-state index in [1.807, 2.05) is 12.1 Å². The first-order valence-electron chi connectivity index (χ1n) is 7.15. The summed E-state index contributed by atoms with van der Waals surface area (Å²) >= 11 is 0. The monoisotopic (exact) mass is 295 g/mol. The lowest BCUT2D eigenvalue weighted by Crippen LogP contribution is -2.26. The SMILES string of the molecule is CCNS(=O)(=O)c1ccc(N2CC3CNCC3C2)cc1. The van der Waals surface area contributed by atoms with Gasteiger partial charge in [-0.05, 0) is 36.1 Å². The van der Waals surface area contributed by atoms with Gasteiger partial charge in [-0.3, -0.25) is 0 Å². The standard InChI is InChI=1S/C14H21N3O2S/c1-2-16-20(18,19)14-5-3-13(4-6-14)17-9-11-7-15-8-12(11)10-17/h3-6,11-12,15-16H,2,7-10H2,1H3. The van der Waals surface area contributed by atoms with Gasteiger partial charge in [0.15, 0.2) is 0 Å². The lowest BCUT2D eigenvalue weighted by atomic mass is 10.0. The van der Waals surface area contributed by atoms with Crippen molar-refractivity contribution in [1.29, 1.82) is 0 Å². The molecule has 2 unspecified atom stereocenters. The van der Waals surface area contributed by atoms with Gasteiger partial charge in [0, 0.05) is 38.4 Å². The van der Waals surface area contributed by atoms with E-state index in [0.29, 0.717) is 11.4 Å². The van der Waals surface area contributed by atoms with Gasteiger partial charge >= 0.3 is 0 Å². The number of nitrogens with one attached hydrogen (secondary N) is 2. The second kappa shape index (κ2) is 5.35. The van der Waals surface area contributed by atoms with Crippen molar-refractivity contribution in [3.63, 3.8) is 0 Å². The van der Waals surface area contributed by atoms with E-state index in [-0.39, 0.29) is 0 Å². The Balaban J connectivity index is 1.74. The van der Waals surface area contributed by atoms with Crippen molar-refractivity contribution >= 4 is 15.7 Å². The third-order valence-corrected chi connectivity index (χ3v) is 5.80. The van der Waals surface area contributed by atoms with Gasteiger partial charge in [-0.25, -0.2) is 13.1 Å². The molecule has 3 rings (SSSR count). The van der Waals surface area contributed by atoms with Crippen LogP contribution < -0.4 is 14.9 Å². The molecular weight excluding hydrogens is 274 g/mol. The number of nitrogens with zero attached hydrogens (tertiary/aromatic N) is 1. The Morgan fingerprint density at radius 3 is 2.35 bits per heavy atom. The first-order valence-corrected chi connectivity index (χ1v) is 8.64. The molecule has 0 aromatic heterocycles. The summed E-state index contributed by atoms with van der Waals surface area (Å²) in [5, 5.41) is 3.43. The van der Waals surface area contributed by atoms with Gasteiger partial charge in [0.25, 0.3) is 0 Å². The van der Waals surface area contributed by atoms with Crippen LogP contribution in [0.3, 0.4) is 0 Å². The first kappa shape index (κ1) is 13.9. The average Bonchev–Trinajstić information content (AvgIpc) is 2.99. The minimum atomic E-state index is -3.34. The van der Waals surface area contributed by atoms with E-state index in [1.54, 1.807) is 19.1 Å². The number of sulfonamides is 1. The molecule has 2 fully saturated rings. The van der Waals surface area contributed by atoms with Crippen LogP contribution in [0.25, 0.3) is 0 Å². The van der Waals surface area contributed by atoms with Gasteiger partial charge in [-0.1, -0.05) is 6.92 Å². The van der Waals surface area contributed by atoms with Crippen LogP contribution in [0.1, 0.15) is 6.92 Å². The Morgan fingerprint density at radius 2 is 1.80 bits per heavy atom. The summed E-state index contributed by atoms with van der Waals surface area (Å²) in [5.74, 6) is 1.47. The summed E-state index contributed by atoms with van der Waals surface area (Å²) in [7, 11) is -3.34. The van der Waals surface area contributed by atoms with Gasteiger partial charge in [0.1, 0.15) is 0 Å². The predicted octanol–water partition coefficient (Wildman–Crippen LogP) is 0.640. The Morgan fingerprint density at radius 1 is 1.20 bits per heavy atom. The van der Waals surface area contributed by atoms with Crippen molar-refractivity contribution in [3.8, 4) is 0 Å². The molecule has 0 amide bonds. The summed E-state index contributed by atoms with van der Waals surface area (Å²) in [6.07, 6.45) is 0. The van der Waals surface area contributed by atoms with Gasteiger partial charge in [-0.15, -0.1) is 0 Å². The molecule has 110 valence electrons. The number of benzene rings is 1. The highest BCUT2D eigenvalue weighted by molar-refractivity contribution is 7.89. The lowest BCUT2D eigenvalue weighted by molar-refractivity contribution is 0.533. The highest BCUT2D eigenvalue weighted by Crippen LogP contribution is 2.30. The Kier molecular flexibility index (Phi) is 3.70. The molecule has 2 atom stereocenters. The minimum absolute atomic E-state index is 0.337. The molecule has 1 aromatic carbocycles. The van der Waals surface area contributed by atoms with Crippen LogP contribution >= 0.6 is 0 Å². The molecule has 2 N–H and O–H groups in total. The molecule has 2 aliphatic heterocycles. The molecule has 0 radical (unpaired) electrons. The summed E-state index contributed by atoms with van der Waals surface area (Å²) in [6.45, 7) is 6.53. The van der Waals surface area contributed by atoms with E-state index in [2.05, 4.69) is 14.9 Å². The van der Waals surface area contributed by atoms with Gasteiger partial charge in [0.2, 0.25) is 10.0 Å². The van der Waals surface area contributed by atoms with E-state index < -0.39 is 10.0 Å². The van der Waals surface area contributed by atoms with Crippen molar-refractivity contribution < 1.29 is 8.42 Å². The van der Waals surface area contributed by atoms with Gasteiger partial charge in [0.05, 0.1) is 4.90 Å². The largest absolute Gasteiger partial charge is 0.371 e. The summed E-state index contributed by atoms with van der Waals surface area (Å²) in [5.41, 5.74) is 1.12. The lowest BCUT2D eigenvalue weighted by Gasteiger charge is -2.20. The summed E-state index contributed by atoms with van der Waals surface area (Å²) < 4.78 is 26.3. The molecule has 1 aromatic rings. The van der Waals surface area contributed by atoms with Crippen molar-refractivity contribution in [3.05, 3.63) is 24.3 Å². The molecule has 0 spiro atoms. The van der Waals surface area contributed by atoms with E-state index in [0.717, 1.165) is 43.7 Å². The molecular formula is C14H21N3O2S. The molecule has 6 heteroatoms. The first-order chi connectivity index (χ1) is 9.60. The molecule has 2 saturated heterocycles. The fraction of sp³-hybridized carbons (Fsp3) is 0.571. The maximum atomic E-state index is 11.9. The van der Waals surface area contributed by atoms with Gasteiger partial charge in [-0.2, -0.15) is 0 Å². The molecule has 20 heavy (non-hydrogen) atoms. The van der Waals surface area contributed by atoms with Crippen molar-refractivity contribution in [2.45, 2.75) is 11.8 Å². The maximum absolute atomic E-state index is 11.9. The fourth-order valence-corrected chi connectivity index (χ4v) is 4.22. The van der Waals surface area contributed by atoms with Crippen molar-refractivity contribution in [1.82, 2.24) is 10.0 Å². The van der Waals surface area contributed by atoms with Crippen LogP contribution in [0.2, 0.25) is 0 Å². The van der Waals surface area contributed by atoms with Gasteiger partial charge < -0.3 is 10.2 Å². The second-order valence-electron chi connectivity index (χ2n) is 5.58. The molecule has 5 nitrogen and oxygen atoms in total. The van der Waals surface area contributed by atoms with Crippen molar-refractivity contribution in [2.75, 3.05) is 37.6 Å². The number of hydrogen-bond donors (Lipinski definition) is 2. The topological polar surface area (TPSA) is 61.4 Å². The van der Waals surface area contributed by atoms with Crippen LogP contribution in [-0.2, 0) is 10.0 Å². The van der Waals surface area contributed by atoms with E-state index in [9.17, 15) is 8.42 Å². The molecule has 2 aliphatic rings. The Bertz CT molecular complexity index is 559. The molecule has 0 bridgehead atoms. The zero-order valence-electron chi connectivity index (χ0n) is 11.7.